The number of fused-ring (bicyclic) bond motifs is 1. The van der Waals surface area contributed by atoms with Crippen LogP contribution in [-0.2, 0) is 21.8 Å². The van der Waals surface area contributed by atoms with E-state index in [1.807, 2.05) is 6.92 Å². The summed E-state index contributed by atoms with van der Waals surface area (Å²) in [4.78, 5) is 2.41. The summed E-state index contributed by atoms with van der Waals surface area (Å²) in [6, 6.07) is 10.2. The minimum atomic E-state index is -3.71. The number of rotatable bonds is 8. The van der Waals surface area contributed by atoms with Crippen LogP contribution >= 0.6 is 0 Å². The molecule has 1 saturated heterocycles. The number of methoxy groups -OCH3 is 1. The van der Waals surface area contributed by atoms with E-state index in [0.29, 0.717) is 19.6 Å². The summed E-state index contributed by atoms with van der Waals surface area (Å²) in [6.07, 6.45) is 5.42. The maximum absolute atomic E-state index is 13.4. The second-order valence-corrected chi connectivity index (χ2v) is 11.0. The van der Waals surface area contributed by atoms with Gasteiger partial charge in [-0.25, -0.2) is 17.5 Å². The highest BCUT2D eigenvalue weighted by molar-refractivity contribution is 7.89. The first-order valence-electron chi connectivity index (χ1n) is 11.8. The predicted molar refractivity (Wildman–Crippen MR) is 135 cm³/mol. The van der Waals surface area contributed by atoms with Crippen molar-refractivity contribution in [2.75, 3.05) is 38.3 Å². The second kappa shape index (κ2) is 9.64. The Balaban J connectivity index is 1.42. The van der Waals surface area contributed by atoms with Gasteiger partial charge >= 0.3 is 0 Å². The lowest BCUT2D eigenvalue weighted by atomic mass is 10.1. The largest absolute Gasteiger partial charge is 0.383 e. The van der Waals surface area contributed by atoms with Crippen LogP contribution in [0.4, 0.5) is 10.1 Å². The van der Waals surface area contributed by atoms with Crippen LogP contribution in [0.1, 0.15) is 12.0 Å². The molecule has 1 fully saturated rings. The Kier molecular flexibility index (Phi) is 6.54. The van der Waals surface area contributed by atoms with Gasteiger partial charge in [-0.05, 0) is 55.3 Å². The normalized spacial score (nSPS) is 16.5. The van der Waals surface area contributed by atoms with Crippen LogP contribution in [0.15, 0.2) is 59.9 Å². The van der Waals surface area contributed by atoms with E-state index in [-0.39, 0.29) is 23.3 Å². The van der Waals surface area contributed by atoms with Crippen LogP contribution < -0.4 is 4.90 Å². The minimum Gasteiger partial charge on any atom is -0.383 e. The molecule has 0 N–H and O–H groups in total. The average Bonchev–Trinajstić information content (AvgIpc) is 3.59. The van der Waals surface area contributed by atoms with Gasteiger partial charge in [-0.2, -0.15) is 14.5 Å². The lowest BCUT2D eigenvalue weighted by Crippen LogP contribution is -2.43. The van der Waals surface area contributed by atoms with E-state index in [4.69, 9.17) is 4.74 Å². The van der Waals surface area contributed by atoms with Crippen LogP contribution in [0.2, 0.25) is 0 Å². The smallest absolute Gasteiger partial charge is 0.246 e. The van der Waals surface area contributed by atoms with Gasteiger partial charge in [-0.15, -0.1) is 0 Å². The maximum Gasteiger partial charge on any atom is 0.246 e. The molecule has 4 aromatic rings. The molecule has 1 aliphatic heterocycles. The zero-order chi connectivity index (χ0) is 25.4. The number of sulfonamides is 1. The highest BCUT2D eigenvalue weighted by Crippen LogP contribution is 2.32. The van der Waals surface area contributed by atoms with E-state index < -0.39 is 10.0 Å². The Labute approximate surface area is 209 Å². The zero-order valence-corrected chi connectivity index (χ0v) is 21.3. The van der Waals surface area contributed by atoms with Crippen molar-refractivity contribution in [1.29, 1.82) is 0 Å². The van der Waals surface area contributed by atoms with Gasteiger partial charge in [0.2, 0.25) is 10.0 Å². The fraction of sp³-hybridized carbons (Fsp3) is 0.360. The summed E-state index contributed by atoms with van der Waals surface area (Å²) >= 11 is 0. The number of benzene rings is 2. The quantitative estimate of drug-likeness (QED) is 0.361. The molecule has 2 aromatic heterocycles. The third-order valence-electron chi connectivity index (χ3n) is 6.67. The molecule has 1 aliphatic rings. The number of hydrogen-bond donors (Lipinski definition) is 0. The number of aromatic nitrogens is 4. The molecule has 1 atom stereocenters. The van der Waals surface area contributed by atoms with Crippen molar-refractivity contribution < 1.29 is 17.5 Å². The van der Waals surface area contributed by atoms with Gasteiger partial charge in [-0.1, -0.05) is 0 Å². The molecule has 11 heteroatoms. The third-order valence-corrected chi connectivity index (χ3v) is 8.58. The first-order valence-corrected chi connectivity index (χ1v) is 13.2. The SMILES string of the molecule is COCCN([C@@H]1CCN(c2cc3cnn(-c4ccc(F)cc4)c3cc2C)C1)S(=O)(=O)c1cnn(C)c1. The van der Waals surface area contributed by atoms with Gasteiger partial charge in [0.1, 0.15) is 10.7 Å². The summed E-state index contributed by atoms with van der Waals surface area (Å²) in [5.74, 6) is -0.289. The van der Waals surface area contributed by atoms with Crippen LogP contribution in [0.5, 0.6) is 0 Å². The van der Waals surface area contributed by atoms with E-state index in [9.17, 15) is 12.8 Å². The van der Waals surface area contributed by atoms with Gasteiger partial charge in [0.05, 0.1) is 30.2 Å². The molecule has 36 heavy (non-hydrogen) atoms. The minimum absolute atomic E-state index is 0.186. The summed E-state index contributed by atoms with van der Waals surface area (Å²) < 4.78 is 50.3. The van der Waals surface area contributed by atoms with Crippen molar-refractivity contribution in [3.63, 3.8) is 0 Å². The molecule has 5 rings (SSSR count). The van der Waals surface area contributed by atoms with Crippen molar-refractivity contribution >= 4 is 26.6 Å². The first kappa shape index (κ1) is 24.4. The molecule has 0 amide bonds. The summed E-state index contributed by atoms with van der Waals surface area (Å²) in [6.45, 7) is 3.92. The van der Waals surface area contributed by atoms with Gasteiger partial charge in [0, 0.05) is 57.1 Å². The maximum atomic E-state index is 13.4. The topological polar surface area (TPSA) is 85.5 Å². The Bertz CT molecular complexity index is 1480. The molecule has 0 radical (unpaired) electrons. The average molecular weight is 513 g/mol. The second-order valence-electron chi connectivity index (χ2n) is 9.08. The summed E-state index contributed by atoms with van der Waals surface area (Å²) in [5.41, 5.74) is 3.83. The van der Waals surface area contributed by atoms with Gasteiger partial charge in [-0.3, -0.25) is 4.68 Å². The van der Waals surface area contributed by atoms with E-state index in [0.717, 1.165) is 34.4 Å². The molecule has 0 saturated carbocycles. The van der Waals surface area contributed by atoms with Crippen LogP contribution in [0, 0.1) is 12.7 Å². The van der Waals surface area contributed by atoms with Crippen LogP contribution in [0.3, 0.4) is 0 Å². The van der Waals surface area contributed by atoms with Crippen molar-refractivity contribution in [3.05, 3.63) is 66.4 Å². The number of halogens is 1. The lowest BCUT2D eigenvalue weighted by molar-refractivity contribution is 0.168. The van der Waals surface area contributed by atoms with Crippen molar-refractivity contribution in [1.82, 2.24) is 23.9 Å². The van der Waals surface area contributed by atoms with Crippen LogP contribution in [0.25, 0.3) is 16.6 Å². The van der Waals surface area contributed by atoms with E-state index in [1.165, 1.54) is 29.2 Å². The number of nitrogens with zero attached hydrogens (tertiary/aromatic N) is 6. The van der Waals surface area contributed by atoms with Gasteiger partial charge in [0.25, 0.3) is 0 Å². The Morgan fingerprint density at radius 2 is 1.94 bits per heavy atom. The van der Waals surface area contributed by atoms with Gasteiger partial charge < -0.3 is 9.64 Å². The molecule has 0 aliphatic carbocycles. The van der Waals surface area contributed by atoms with E-state index in [1.54, 1.807) is 41.5 Å². The molecule has 0 bridgehead atoms. The Hall–Kier alpha value is -3.28. The Morgan fingerprint density at radius 1 is 1.17 bits per heavy atom. The molecule has 3 heterocycles. The molecule has 0 unspecified atom stereocenters. The first-order chi connectivity index (χ1) is 17.3. The molecule has 2 aromatic carbocycles. The van der Waals surface area contributed by atoms with Crippen LogP contribution in [-0.4, -0.2) is 71.7 Å². The number of ether oxygens (including phenoxy) is 1. The molecular formula is C25H29FN6O3S. The van der Waals surface area contributed by atoms with Crippen molar-refractivity contribution in [2.45, 2.75) is 24.3 Å². The fourth-order valence-electron chi connectivity index (χ4n) is 4.84. The standard InChI is InChI=1S/C25H29FN6O3S/c1-18-12-25-19(14-28-32(25)21-6-4-20(26)5-7-21)13-24(18)30-9-8-22(16-30)31(10-11-35-3)36(33,34)23-15-27-29(2)17-23/h4-7,12-15,17,22H,8-11,16H2,1-3H3/t22-/m1/s1. The number of anilines is 1. The Morgan fingerprint density at radius 3 is 2.64 bits per heavy atom. The van der Waals surface area contributed by atoms with E-state index in [2.05, 4.69) is 27.2 Å². The molecule has 0 spiro atoms. The monoisotopic (exact) mass is 512 g/mol. The molecular weight excluding hydrogens is 483 g/mol. The lowest BCUT2D eigenvalue weighted by Gasteiger charge is -2.28. The highest BCUT2D eigenvalue weighted by atomic mass is 32.2. The third kappa shape index (κ3) is 4.49. The van der Waals surface area contributed by atoms with Gasteiger partial charge in [0.15, 0.2) is 0 Å². The van der Waals surface area contributed by atoms with E-state index >= 15 is 0 Å². The highest BCUT2D eigenvalue weighted by Gasteiger charge is 2.36. The fourth-order valence-corrected chi connectivity index (χ4v) is 6.45. The molecule has 9 nitrogen and oxygen atoms in total. The predicted octanol–water partition coefficient (Wildman–Crippen LogP) is 3.12. The van der Waals surface area contributed by atoms with Crippen molar-refractivity contribution in [3.8, 4) is 5.69 Å². The number of aryl methyl sites for hydroxylation is 2. The summed E-state index contributed by atoms with van der Waals surface area (Å²) in [7, 11) is -0.442. The van der Waals surface area contributed by atoms with Crippen molar-refractivity contribution in [2.24, 2.45) is 7.05 Å². The molecule has 190 valence electrons. The number of hydrogen-bond acceptors (Lipinski definition) is 6. The summed E-state index contributed by atoms with van der Waals surface area (Å²) in [5, 5.41) is 9.52. The zero-order valence-electron chi connectivity index (χ0n) is 20.5.